The molecule has 2 aliphatic carbocycles. The van der Waals surface area contributed by atoms with E-state index in [1.165, 1.54) is 44.5 Å². The van der Waals surface area contributed by atoms with Crippen LogP contribution in [0.2, 0.25) is 0 Å². The Balaban J connectivity index is 0.00000218. The molecule has 0 fully saturated rings. The fraction of sp³-hybridized carbons (Fsp3) is 0.102. The van der Waals surface area contributed by atoms with E-state index in [2.05, 4.69) is 189 Å². The minimum atomic E-state index is -1.39. The fourth-order valence-electron chi connectivity index (χ4n) is 8.62. The maximum absolute atomic E-state index is 2.56. The summed E-state index contributed by atoms with van der Waals surface area (Å²) in [4.78, 5) is 0. The van der Waals surface area contributed by atoms with E-state index in [9.17, 15) is 0 Å². The molecule has 0 bridgehead atoms. The number of hydrogen-bond donors (Lipinski definition) is 0. The second kappa shape index (κ2) is 16.5. The summed E-state index contributed by atoms with van der Waals surface area (Å²) in [5.41, 5.74) is 17.3. The first-order valence-corrected chi connectivity index (χ1v) is 25.8. The maximum atomic E-state index is 2.56. The van der Waals surface area contributed by atoms with Crippen molar-refractivity contribution in [2.75, 3.05) is 0 Å². The third-order valence-corrected chi connectivity index (χ3v) is 25.0. The molecule has 9 rings (SSSR count). The minimum absolute atomic E-state index is 0. The molecule has 2 atom stereocenters. The SMILES string of the molecule is CCCC1=Cc2c(-c3ccc(-c4ccccc4)cc3)cccc2C1c1cccc2c1[CH]([Zr+2][SiH](c1ccccc1)c1ccccc1)c1ccccc1-2.[Cl-].[Cl-]. The zero-order valence-electron chi connectivity index (χ0n) is 29.7. The van der Waals surface area contributed by atoms with Crippen molar-refractivity contribution in [1.82, 2.24) is 0 Å². The predicted octanol–water partition coefficient (Wildman–Crippen LogP) is 5.05. The van der Waals surface area contributed by atoms with Crippen molar-refractivity contribution in [1.29, 1.82) is 0 Å². The van der Waals surface area contributed by atoms with Crippen molar-refractivity contribution in [2.45, 2.75) is 29.3 Å². The van der Waals surface area contributed by atoms with Crippen molar-refractivity contribution >= 4 is 22.4 Å². The fourth-order valence-corrected chi connectivity index (χ4v) is 23.4. The molecule has 0 amide bonds. The first-order chi connectivity index (χ1) is 25.3. The number of rotatable bonds is 9. The van der Waals surface area contributed by atoms with Gasteiger partial charge in [0.05, 0.1) is 0 Å². The Bertz CT molecular complexity index is 2320. The first kappa shape index (κ1) is 37.3. The van der Waals surface area contributed by atoms with Gasteiger partial charge in [-0.25, -0.2) is 0 Å². The van der Waals surface area contributed by atoms with E-state index in [1.54, 1.807) is 32.6 Å². The Labute approximate surface area is 339 Å². The molecule has 0 aliphatic heterocycles. The van der Waals surface area contributed by atoms with Gasteiger partial charge in [-0.3, -0.25) is 0 Å². The third-order valence-electron chi connectivity index (χ3n) is 10.9. The van der Waals surface area contributed by atoms with Crippen LogP contribution >= 0.6 is 0 Å². The van der Waals surface area contributed by atoms with Crippen LogP contribution in [0.1, 0.15) is 57.1 Å². The molecule has 2 aliphatic rings. The van der Waals surface area contributed by atoms with E-state index in [0.717, 1.165) is 12.8 Å². The Morgan fingerprint density at radius 2 is 0.981 bits per heavy atom. The second-order valence-electron chi connectivity index (χ2n) is 13.9. The number of halogens is 2. The Morgan fingerprint density at radius 1 is 0.472 bits per heavy atom. The van der Waals surface area contributed by atoms with Crippen LogP contribution in [0.25, 0.3) is 39.5 Å². The minimum Gasteiger partial charge on any atom is -1.00 e. The van der Waals surface area contributed by atoms with Crippen LogP contribution in [0.5, 0.6) is 0 Å². The second-order valence-corrected chi connectivity index (χ2v) is 24.6. The van der Waals surface area contributed by atoms with E-state index in [0.29, 0.717) is 3.63 Å². The smallest absolute Gasteiger partial charge is 1.00 e. The molecule has 53 heavy (non-hydrogen) atoms. The molecule has 7 aromatic rings. The molecule has 7 aromatic carbocycles. The molecular weight excluding hydrogens is 779 g/mol. The molecule has 258 valence electrons. The summed E-state index contributed by atoms with van der Waals surface area (Å²) in [6, 6.07) is 66.6. The number of hydrogen-bond acceptors (Lipinski definition) is 0. The van der Waals surface area contributed by atoms with Crippen LogP contribution in [0.4, 0.5) is 0 Å². The summed E-state index contributed by atoms with van der Waals surface area (Å²) in [5.74, 6) is -1.11. The topological polar surface area (TPSA) is 0 Å². The van der Waals surface area contributed by atoms with Crippen molar-refractivity contribution < 1.29 is 47.2 Å². The summed E-state index contributed by atoms with van der Waals surface area (Å²) in [5, 5.41) is 3.19. The molecule has 4 heteroatoms. The molecule has 0 radical (unpaired) electrons. The monoisotopic (exact) mass is 816 g/mol. The van der Waals surface area contributed by atoms with Gasteiger partial charge in [-0.15, -0.1) is 0 Å². The van der Waals surface area contributed by atoms with Gasteiger partial charge in [-0.05, 0) is 0 Å². The largest absolute Gasteiger partial charge is 1.00 e. The van der Waals surface area contributed by atoms with Gasteiger partial charge < -0.3 is 24.8 Å². The molecular formula is C49H40Cl2SiZr. The zero-order valence-corrected chi connectivity index (χ0v) is 34.8. The van der Waals surface area contributed by atoms with Crippen molar-refractivity contribution in [3.8, 4) is 33.4 Å². The molecule has 0 aromatic heterocycles. The molecule has 0 nitrogen and oxygen atoms in total. The normalized spacial score (nSPS) is 14.9. The van der Waals surface area contributed by atoms with E-state index in [4.69, 9.17) is 0 Å². The van der Waals surface area contributed by atoms with Crippen molar-refractivity contribution in [3.05, 3.63) is 209 Å². The van der Waals surface area contributed by atoms with Crippen LogP contribution < -0.4 is 35.2 Å². The maximum Gasteiger partial charge on any atom is -1.00 e. The van der Waals surface area contributed by atoms with Crippen LogP contribution in [0, 0.1) is 0 Å². The number of allylic oxidation sites excluding steroid dienone is 1. The van der Waals surface area contributed by atoms with E-state index in [-0.39, 0.29) is 30.7 Å². The molecule has 0 saturated carbocycles. The summed E-state index contributed by atoms with van der Waals surface area (Å²) >= 11 is -1.02. The van der Waals surface area contributed by atoms with Gasteiger partial charge in [0.2, 0.25) is 0 Å². The van der Waals surface area contributed by atoms with Gasteiger partial charge >= 0.3 is 286 Å². The predicted molar refractivity (Wildman–Crippen MR) is 215 cm³/mol. The molecule has 2 unspecified atom stereocenters. The Morgan fingerprint density at radius 3 is 1.64 bits per heavy atom. The Hall–Kier alpha value is -4.04. The van der Waals surface area contributed by atoms with E-state index < -0.39 is 28.3 Å². The van der Waals surface area contributed by atoms with Crippen LogP contribution in [0.3, 0.4) is 0 Å². The van der Waals surface area contributed by atoms with Crippen molar-refractivity contribution in [2.24, 2.45) is 0 Å². The summed E-state index contributed by atoms with van der Waals surface area (Å²) in [7, 11) is 0. The molecule has 0 heterocycles. The van der Waals surface area contributed by atoms with E-state index in [1.807, 2.05) is 0 Å². The number of fused-ring (bicyclic) bond motifs is 4. The van der Waals surface area contributed by atoms with Crippen LogP contribution in [-0.2, 0) is 22.4 Å². The summed E-state index contributed by atoms with van der Waals surface area (Å²) in [6.45, 7) is 2.34. The standard InChI is InChI=1S/C37H29.C12H11Si.2ClH.Zr/c1-2-10-29-24-35-30(27-21-19-26(20-22-27)25-11-4-3-5-12-25)15-8-17-33(35)37(29)34-18-9-16-32-31-14-7-6-13-28(31)23-36(32)34;1-3-7-11(8-4-1)13-12-9-5-2-6-10-12;;;/h3-9,11-24,37H,2,10H2,1H3;1-10,13H;2*1H;/q;;;;+2/p-2. The van der Waals surface area contributed by atoms with E-state index >= 15 is 0 Å². The van der Waals surface area contributed by atoms with Gasteiger partial charge in [0.1, 0.15) is 0 Å². The van der Waals surface area contributed by atoms with Crippen LogP contribution in [-0.4, -0.2) is 5.92 Å². The van der Waals surface area contributed by atoms with Gasteiger partial charge in [0.25, 0.3) is 0 Å². The van der Waals surface area contributed by atoms with Gasteiger partial charge in [-0.1, -0.05) is 30.3 Å². The average molecular weight is 819 g/mol. The molecule has 0 N–H and O–H groups in total. The first-order valence-electron chi connectivity index (χ1n) is 18.4. The van der Waals surface area contributed by atoms with Crippen LogP contribution in [0.15, 0.2) is 181 Å². The zero-order chi connectivity index (χ0) is 34.1. The summed E-state index contributed by atoms with van der Waals surface area (Å²) in [6.07, 6.45) is 4.81. The summed E-state index contributed by atoms with van der Waals surface area (Å²) < 4.78 is 0.522. The van der Waals surface area contributed by atoms with Gasteiger partial charge in [-0.2, -0.15) is 0 Å². The van der Waals surface area contributed by atoms with Gasteiger partial charge in [0.15, 0.2) is 0 Å². The Kier molecular flexibility index (Phi) is 11.6. The van der Waals surface area contributed by atoms with Gasteiger partial charge in [0, 0.05) is 0 Å². The number of benzene rings is 7. The van der Waals surface area contributed by atoms with Crippen molar-refractivity contribution in [3.63, 3.8) is 0 Å². The average Bonchev–Trinajstić information content (AvgIpc) is 3.73. The quantitative estimate of drug-likeness (QED) is 0.179. The molecule has 0 saturated heterocycles. The third kappa shape index (κ3) is 7.04. The molecule has 0 spiro atoms.